The van der Waals surface area contributed by atoms with Crippen LogP contribution in [0.3, 0.4) is 0 Å². The minimum absolute atomic E-state index is 0.154. The molecule has 0 heterocycles. The van der Waals surface area contributed by atoms with Gasteiger partial charge in [0.05, 0.1) is 6.61 Å². The number of hydrogen-bond donors (Lipinski definition) is 3. The van der Waals surface area contributed by atoms with Gasteiger partial charge in [0, 0.05) is 12.6 Å². The first kappa shape index (κ1) is 11.6. The Balaban J connectivity index is 3.81. The first-order valence-electron chi connectivity index (χ1n) is 3.57. The number of rotatable bonds is 4. The largest absolute Gasteiger partial charge is 0.395 e. The highest BCUT2D eigenvalue weighted by Gasteiger charge is 2.18. The molecule has 4 N–H and O–H groups in total. The molecule has 6 heteroatoms. The predicted molar refractivity (Wildman–Crippen MR) is 47.9 cm³/mol. The van der Waals surface area contributed by atoms with E-state index < -0.39 is 18.8 Å². The maximum absolute atomic E-state index is 11.1. The number of amides is 1. The Labute approximate surface area is 71.7 Å². The maximum Gasteiger partial charge on any atom is 0.278 e. The summed E-state index contributed by atoms with van der Waals surface area (Å²) in [5.41, 5.74) is 4.82. The molecule has 0 fully saturated rings. The summed E-state index contributed by atoms with van der Waals surface area (Å²) in [4.78, 5) is 11.0. The molecule has 0 saturated carbocycles. The zero-order valence-corrected chi connectivity index (χ0v) is 8.17. The van der Waals surface area contributed by atoms with Crippen LogP contribution in [-0.4, -0.2) is 43.3 Å². The van der Waals surface area contributed by atoms with Crippen LogP contribution in [0.15, 0.2) is 0 Å². The van der Waals surface area contributed by atoms with Crippen molar-refractivity contribution < 1.29 is 14.5 Å². The van der Waals surface area contributed by atoms with Crippen LogP contribution in [0.1, 0.15) is 0 Å². The van der Waals surface area contributed by atoms with Gasteiger partial charge in [-0.25, -0.2) is 0 Å². The first-order valence-corrected chi connectivity index (χ1v) is 6.18. The number of carbonyl (C=O) groups is 1. The van der Waals surface area contributed by atoms with Crippen LogP contribution in [0.5, 0.6) is 0 Å². The molecule has 0 aliphatic rings. The van der Waals surface area contributed by atoms with Gasteiger partial charge in [-0.2, -0.15) is 0 Å². The van der Waals surface area contributed by atoms with Gasteiger partial charge in [0.15, 0.2) is 7.14 Å². The second-order valence-corrected chi connectivity index (χ2v) is 6.09. The van der Waals surface area contributed by atoms with Gasteiger partial charge < -0.3 is 20.7 Å². The van der Waals surface area contributed by atoms with Gasteiger partial charge >= 0.3 is 0 Å². The summed E-state index contributed by atoms with van der Waals surface area (Å²) in [5, 5.41) is 10.9. The molecule has 72 valence electrons. The zero-order valence-electron chi connectivity index (χ0n) is 7.28. The quantitative estimate of drug-likeness (QED) is 0.533. The summed E-state index contributed by atoms with van der Waals surface area (Å²) >= 11 is 0. The van der Waals surface area contributed by atoms with Crippen molar-refractivity contribution in [2.24, 2.45) is 5.73 Å². The highest BCUT2D eigenvalue weighted by Crippen LogP contribution is 2.36. The molecule has 0 aromatic rings. The van der Waals surface area contributed by atoms with E-state index in [2.05, 4.69) is 5.32 Å². The van der Waals surface area contributed by atoms with Crippen LogP contribution in [0.4, 0.5) is 4.79 Å². The van der Waals surface area contributed by atoms with Crippen molar-refractivity contribution in [1.29, 1.82) is 0 Å². The van der Waals surface area contributed by atoms with Gasteiger partial charge in [0.25, 0.3) is 5.65 Å². The van der Waals surface area contributed by atoms with E-state index in [0.717, 1.165) is 0 Å². The number of nitrogens with one attached hydrogen (secondary N) is 1. The molecule has 0 aromatic carbocycles. The molecular weight excluding hydrogens is 179 g/mol. The lowest BCUT2D eigenvalue weighted by atomic mass is 10.3. The normalized spacial score (nSPS) is 14.0. The fraction of sp³-hybridized carbons (Fsp3) is 0.833. The molecule has 0 saturated heterocycles. The second-order valence-electron chi connectivity index (χ2n) is 2.98. The lowest BCUT2D eigenvalue weighted by molar-refractivity contribution is 0.248. The third kappa shape index (κ3) is 4.49. The van der Waals surface area contributed by atoms with Crippen molar-refractivity contribution in [1.82, 2.24) is 5.32 Å². The van der Waals surface area contributed by atoms with Crippen LogP contribution < -0.4 is 11.1 Å². The van der Waals surface area contributed by atoms with Gasteiger partial charge in [0.2, 0.25) is 0 Å². The summed E-state index contributed by atoms with van der Waals surface area (Å²) in [7, 11) is -2.71. The third-order valence-corrected chi connectivity index (χ3v) is 2.38. The zero-order chi connectivity index (χ0) is 9.78. The summed E-state index contributed by atoms with van der Waals surface area (Å²) in [5.74, 6) is 0. The molecule has 0 aromatic heterocycles. The summed E-state index contributed by atoms with van der Waals surface area (Å²) in [6.45, 7) is 2.72. The average Bonchev–Trinajstić information content (AvgIpc) is 1.97. The Morgan fingerprint density at radius 2 is 2.17 bits per heavy atom. The van der Waals surface area contributed by atoms with Crippen molar-refractivity contribution in [2.45, 2.75) is 6.04 Å². The van der Waals surface area contributed by atoms with Crippen molar-refractivity contribution >= 4 is 12.8 Å². The molecule has 1 atom stereocenters. The molecule has 12 heavy (non-hydrogen) atoms. The Morgan fingerprint density at radius 1 is 1.67 bits per heavy atom. The van der Waals surface area contributed by atoms with Crippen molar-refractivity contribution in [3.63, 3.8) is 0 Å². The SMILES string of the molecule is CP(C)(=O)C(=O)NC[C@H](N)CO. The summed E-state index contributed by atoms with van der Waals surface area (Å²) in [6.07, 6.45) is 0. The maximum atomic E-state index is 11.1. The Bertz CT molecular complexity index is 201. The van der Waals surface area contributed by atoms with Crippen LogP contribution in [0.2, 0.25) is 0 Å². The van der Waals surface area contributed by atoms with E-state index in [0.29, 0.717) is 0 Å². The van der Waals surface area contributed by atoms with Crippen LogP contribution >= 0.6 is 7.14 Å². The van der Waals surface area contributed by atoms with Crippen molar-refractivity contribution in [3.05, 3.63) is 0 Å². The van der Waals surface area contributed by atoms with Gasteiger partial charge in [-0.15, -0.1) is 0 Å². The Morgan fingerprint density at radius 3 is 2.50 bits per heavy atom. The number of hydrogen-bond acceptors (Lipinski definition) is 4. The van der Waals surface area contributed by atoms with E-state index in [1.165, 1.54) is 13.3 Å². The topological polar surface area (TPSA) is 92.4 Å². The Hall–Kier alpha value is -0.380. The lowest BCUT2D eigenvalue weighted by Gasteiger charge is -2.11. The minimum atomic E-state index is -2.71. The molecule has 0 rings (SSSR count). The predicted octanol–water partition coefficient (Wildman–Crippen LogP) is -0.362. The van der Waals surface area contributed by atoms with Crippen molar-refractivity contribution in [3.8, 4) is 0 Å². The number of aliphatic hydroxyl groups excluding tert-OH is 1. The van der Waals surface area contributed by atoms with Crippen LogP contribution in [0, 0.1) is 0 Å². The van der Waals surface area contributed by atoms with E-state index in [9.17, 15) is 9.36 Å². The standard InChI is InChI=1S/C6H15N2O3P/c1-12(2,11)6(10)8-3-5(7)4-9/h5,9H,3-4,7H2,1-2H3,(H,8,10)/t5-/m0/s1. The number of carbonyl (C=O) groups excluding carboxylic acids is 1. The third-order valence-electron chi connectivity index (χ3n) is 1.24. The van der Waals surface area contributed by atoms with Crippen molar-refractivity contribution in [2.75, 3.05) is 26.5 Å². The highest BCUT2D eigenvalue weighted by molar-refractivity contribution is 7.78. The van der Waals surface area contributed by atoms with E-state index in [-0.39, 0.29) is 13.2 Å². The molecule has 1 amide bonds. The fourth-order valence-corrected chi connectivity index (χ4v) is 0.945. The molecule has 5 nitrogen and oxygen atoms in total. The average molecular weight is 194 g/mol. The molecule has 0 aliphatic carbocycles. The van der Waals surface area contributed by atoms with Crippen LogP contribution in [-0.2, 0) is 4.57 Å². The van der Waals surface area contributed by atoms with Gasteiger partial charge in [-0.3, -0.25) is 4.79 Å². The Kier molecular flexibility index (Phi) is 4.45. The van der Waals surface area contributed by atoms with E-state index >= 15 is 0 Å². The number of nitrogens with two attached hydrogens (primary N) is 1. The fourth-order valence-electron chi connectivity index (χ4n) is 0.473. The summed E-state index contributed by atoms with van der Waals surface area (Å²) < 4.78 is 11.1. The van der Waals surface area contributed by atoms with Gasteiger partial charge in [-0.05, 0) is 13.3 Å². The molecule has 0 aliphatic heterocycles. The molecule has 0 spiro atoms. The van der Waals surface area contributed by atoms with E-state index in [1.54, 1.807) is 0 Å². The minimum Gasteiger partial charge on any atom is -0.395 e. The molecular formula is C6H15N2O3P. The molecule has 0 radical (unpaired) electrons. The highest BCUT2D eigenvalue weighted by atomic mass is 31.2. The smallest absolute Gasteiger partial charge is 0.278 e. The second kappa shape index (κ2) is 4.60. The molecule has 0 bridgehead atoms. The van der Waals surface area contributed by atoms with E-state index in [4.69, 9.17) is 10.8 Å². The monoisotopic (exact) mass is 194 g/mol. The first-order chi connectivity index (χ1) is 5.38. The lowest BCUT2D eigenvalue weighted by Crippen LogP contribution is -2.38. The van der Waals surface area contributed by atoms with Crippen LogP contribution in [0.25, 0.3) is 0 Å². The van der Waals surface area contributed by atoms with Gasteiger partial charge in [-0.1, -0.05) is 0 Å². The van der Waals surface area contributed by atoms with E-state index in [1.807, 2.05) is 0 Å². The number of aliphatic hydroxyl groups is 1. The van der Waals surface area contributed by atoms with Gasteiger partial charge in [0.1, 0.15) is 0 Å². The summed E-state index contributed by atoms with van der Waals surface area (Å²) in [6, 6.07) is -0.486. The molecule has 0 unspecified atom stereocenters.